The van der Waals surface area contributed by atoms with Gasteiger partial charge in [0.2, 0.25) is 0 Å². The minimum atomic E-state index is -4.18. The van der Waals surface area contributed by atoms with Gasteiger partial charge < -0.3 is 5.73 Å². The molecule has 2 N–H and O–H groups in total. The van der Waals surface area contributed by atoms with Crippen LogP contribution in [0.25, 0.3) is 0 Å². The van der Waals surface area contributed by atoms with Gasteiger partial charge in [-0.15, -0.1) is 0 Å². The molecule has 0 fully saturated rings. The molecular formula is C10H15F3N2S. The highest BCUT2D eigenvalue weighted by Crippen LogP contribution is 2.26. The van der Waals surface area contributed by atoms with Crippen molar-refractivity contribution in [3.8, 4) is 0 Å². The number of nitrogens with two attached hydrogens (primary N) is 1. The van der Waals surface area contributed by atoms with Crippen LogP contribution in [0.5, 0.6) is 0 Å². The number of halogens is 3. The molecule has 1 unspecified atom stereocenters. The van der Waals surface area contributed by atoms with Gasteiger partial charge in [-0.2, -0.15) is 24.5 Å². The fraction of sp³-hybridized carbons (Fsp3) is 0.600. The fourth-order valence-electron chi connectivity index (χ4n) is 1.63. The summed E-state index contributed by atoms with van der Waals surface area (Å²) in [5.41, 5.74) is 6.41. The van der Waals surface area contributed by atoms with Crippen molar-refractivity contribution in [1.82, 2.24) is 4.90 Å². The van der Waals surface area contributed by atoms with Crippen molar-refractivity contribution in [3.05, 3.63) is 22.4 Å². The van der Waals surface area contributed by atoms with Crippen molar-refractivity contribution < 1.29 is 13.2 Å². The maximum Gasteiger partial charge on any atom is 0.401 e. The zero-order chi connectivity index (χ0) is 12.2. The molecule has 0 aliphatic rings. The van der Waals surface area contributed by atoms with Crippen LogP contribution in [-0.4, -0.2) is 30.7 Å². The average Bonchev–Trinajstić information content (AvgIpc) is 2.68. The first kappa shape index (κ1) is 13.5. The highest BCUT2D eigenvalue weighted by molar-refractivity contribution is 7.07. The molecule has 1 atom stereocenters. The molecular weight excluding hydrogens is 237 g/mol. The van der Waals surface area contributed by atoms with Gasteiger partial charge in [0.1, 0.15) is 0 Å². The van der Waals surface area contributed by atoms with Crippen LogP contribution < -0.4 is 5.73 Å². The highest BCUT2D eigenvalue weighted by Gasteiger charge is 2.33. The molecule has 16 heavy (non-hydrogen) atoms. The molecule has 1 aromatic heterocycles. The first-order valence-electron chi connectivity index (χ1n) is 5.01. The molecule has 0 aromatic carbocycles. The summed E-state index contributed by atoms with van der Waals surface area (Å²) in [5, 5.41) is 3.69. The lowest BCUT2D eigenvalue weighted by Gasteiger charge is -2.30. The van der Waals surface area contributed by atoms with Crippen LogP contribution in [0.3, 0.4) is 0 Å². The Balaban J connectivity index is 2.77. The Morgan fingerprint density at radius 2 is 2.19 bits per heavy atom. The van der Waals surface area contributed by atoms with E-state index in [9.17, 15) is 13.2 Å². The molecule has 0 bridgehead atoms. The Morgan fingerprint density at radius 1 is 1.50 bits per heavy atom. The predicted octanol–water partition coefficient (Wildman–Crippen LogP) is 2.63. The maximum absolute atomic E-state index is 12.4. The van der Waals surface area contributed by atoms with E-state index in [1.54, 1.807) is 6.92 Å². The van der Waals surface area contributed by atoms with E-state index in [-0.39, 0.29) is 12.6 Å². The van der Waals surface area contributed by atoms with E-state index in [4.69, 9.17) is 5.73 Å². The quantitative estimate of drug-likeness (QED) is 0.873. The van der Waals surface area contributed by atoms with E-state index in [2.05, 4.69) is 0 Å². The maximum atomic E-state index is 12.4. The van der Waals surface area contributed by atoms with E-state index in [1.165, 1.54) is 16.2 Å². The second kappa shape index (κ2) is 5.65. The summed E-state index contributed by atoms with van der Waals surface area (Å²) in [7, 11) is 0. The average molecular weight is 252 g/mol. The third kappa shape index (κ3) is 3.77. The summed E-state index contributed by atoms with van der Waals surface area (Å²) in [5.74, 6) is 0. The molecule has 0 aliphatic carbocycles. The third-order valence-corrected chi connectivity index (χ3v) is 3.08. The molecule has 1 rings (SSSR count). The van der Waals surface area contributed by atoms with E-state index in [0.29, 0.717) is 6.54 Å². The molecule has 0 saturated carbocycles. The normalized spacial score (nSPS) is 14.4. The smallest absolute Gasteiger partial charge is 0.329 e. The molecule has 6 heteroatoms. The number of hydrogen-bond donors (Lipinski definition) is 1. The second-order valence-electron chi connectivity index (χ2n) is 3.49. The van der Waals surface area contributed by atoms with E-state index in [0.717, 1.165) is 5.56 Å². The van der Waals surface area contributed by atoms with Crippen molar-refractivity contribution >= 4 is 11.3 Å². The van der Waals surface area contributed by atoms with Crippen molar-refractivity contribution in [2.24, 2.45) is 5.73 Å². The number of alkyl halides is 3. The number of thiophene rings is 1. The predicted molar refractivity (Wildman–Crippen MR) is 59.4 cm³/mol. The van der Waals surface area contributed by atoms with Gasteiger partial charge in [-0.3, -0.25) is 4.90 Å². The fourth-order valence-corrected chi connectivity index (χ4v) is 2.34. The van der Waals surface area contributed by atoms with Gasteiger partial charge in [-0.25, -0.2) is 0 Å². The Bertz CT molecular complexity index is 298. The Hall–Kier alpha value is -0.590. The second-order valence-corrected chi connectivity index (χ2v) is 4.27. The highest BCUT2D eigenvalue weighted by atomic mass is 32.1. The summed E-state index contributed by atoms with van der Waals surface area (Å²) < 4.78 is 37.1. The Labute approximate surface area is 96.9 Å². The number of rotatable bonds is 5. The topological polar surface area (TPSA) is 29.3 Å². The first-order valence-corrected chi connectivity index (χ1v) is 5.95. The van der Waals surface area contributed by atoms with E-state index in [1.807, 2.05) is 16.8 Å². The molecule has 2 nitrogen and oxygen atoms in total. The number of nitrogens with zero attached hydrogens (tertiary/aromatic N) is 1. The Kier molecular flexibility index (Phi) is 4.76. The van der Waals surface area contributed by atoms with Crippen LogP contribution in [0.15, 0.2) is 16.8 Å². The molecule has 0 radical (unpaired) electrons. The summed E-state index contributed by atoms with van der Waals surface area (Å²) in [4.78, 5) is 1.35. The molecule has 0 aliphatic heterocycles. The minimum absolute atomic E-state index is 0.195. The lowest BCUT2D eigenvalue weighted by atomic mass is 10.1. The number of hydrogen-bond acceptors (Lipinski definition) is 3. The zero-order valence-electron chi connectivity index (χ0n) is 9.00. The number of likely N-dealkylation sites (N-methyl/N-ethyl adjacent to an activating group) is 1. The van der Waals surface area contributed by atoms with Crippen molar-refractivity contribution in [2.45, 2.75) is 19.1 Å². The summed E-state index contributed by atoms with van der Waals surface area (Å²) >= 11 is 1.47. The third-order valence-electron chi connectivity index (χ3n) is 2.38. The van der Waals surface area contributed by atoms with E-state index >= 15 is 0 Å². The summed E-state index contributed by atoms with van der Waals surface area (Å²) in [6.45, 7) is 1.32. The zero-order valence-corrected chi connectivity index (χ0v) is 9.81. The lowest BCUT2D eigenvalue weighted by Crippen LogP contribution is -2.39. The molecule has 0 saturated heterocycles. The van der Waals surface area contributed by atoms with Gasteiger partial charge in [-0.05, 0) is 28.9 Å². The van der Waals surface area contributed by atoms with Crippen LogP contribution >= 0.6 is 11.3 Å². The standard InChI is InChI=1S/C10H15F3N2S/c1-2-15(7-10(11,12)13)9(5-14)8-3-4-16-6-8/h3-4,6,9H,2,5,7,14H2,1H3. The van der Waals surface area contributed by atoms with Crippen LogP contribution in [0, 0.1) is 0 Å². The molecule has 1 aromatic rings. The molecule has 0 amide bonds. The minimum Gasteiger partial charge on any atom is -0.329 e. The van der Waals surface area contributed by atoms with Crippen molar-refractivity contribution in [3.63, 3.8) is 0 Å². The van der Waals surface area contributed by atoms with Crippen molar-refractivity contribution in [1.29, 1.82) is 0 Å². The SMILES string of the molecule is CCN(CC(F)(F)F)C(CN)c1ccsc1. The molecule has 0 spiro atoms. The monoisotopic (exact) mass is 252 g/mol. The lowest BCUT2D eigenvalue weighted by molar-refractivity contribution is -0.150. The van der Waals surface area contributed by atoms with Gasteiger partial charge >= 0.3 is 6.18 Å². The largest absolute Gasteiger partial charge is 0.401 e. The van der Waals surface area contributed by atoms with Crippen LogP contribution in [0.4, 0.5) is 13.2 Å². The summed E-state index contributed by atoms with van der Waals surface area (Å²) in [6, 6.07) is 1.47. The Morgan fingerprint density at radius 3 is 2.56 bits per heavy atom. The van der Waals surface area contributed by atoms with Crippen LogP contribution in [0.1, 0.15) is 18.5 Å². The van der Waals surface area contributed by atoms with Gasteiger partial charge in [0.15, 0.2) is 0 Å². The van der Waals surface area contributed by atoms with Crippen LogP contribution in [-0.2, 0) is 0 Å². The summed E-state index contributed by atoms with van der Waals surface area (Å²) in [6.07, 6.45) is -4.18. The van der Waals surface area contributed by atoms with Crippen LogP contribution in [0.2, 0.25) is 0 Å². The van der Waals surface area contributed by atoms with Gasteiger partial charge in [0.05, 0.1) is 6.54 Å². The van der Waals surface area contributed by atoms with Crippen molar-refractivity contribution in [2.75, 3.05) is 19.6 Å². The van der Waals surface area contributed by atoms with Gasteiger partial charge in [0, 0.05) is 12.6 Å². The van der Waals surface area contributed by atoms with Gasteiger partial charge in [0.25, 0.3) is 0 Å². The van der Waals surface area contributed by atoms with Gasteiger partial charge in [-0.1, -0.05) is 6.92 Å². The molecule has 1 heterocycles. The van der Waals surface area contributed by atoms with E-state index < -0.39 is 12.7 Å². The molecule has 92 valence electrons. The first-order chi connectivity index (χ1) is 7.48.